The van der Waals surface area contributed by atoms with Crippen LogP contribution in [0.3, 0.4) is 0 Å². The van der Waals surface area contributed by atoms with E-state index in [-0.39, 0.29) is 23.6 Å². The van der Waals surface area contributed by atoms with Gasteiger partial charge in [-0.2, -0.15) is 0 Å². The molecule has 0 spiro atoms. The van der Waals surface area contributed by atoms with Gasteiger partial charge in [0.25, 0.3) is 0 Å². The smallest absolute Gasteiger partial charge is 0.341 e. The molecule has 0 bridgehead atoms. The van der Waals surface area contributed by atoms with Gasteiger partial charge in [-0.1, -0.05) is 23.8 Å². The minimum atomic E-state index is -3.96. The maximum Gasteiger partial charge on any atom is 0.351 e. The van der Waals surface area contributed by atoms with Crippen LogP contribution in [0.1, 0.15) is 33.1 Å². The lowest BCUT2D eigenvalue weighted by Crippen LogP contribution is -2.69. The number of amides is 2. The second-order valence-electron chi connectivity index (χ2n) is 6.97. The lowest BCUT2D eigenvalue weighted by molar-refractivity contribution is -0.149. The van der Waals surface area contributed by atoms with Crippen molar-refractivity contribution in [1.82, 2.24) is 10.2 Å². The van der Waals surface area contributed by atoms with Gasteiger partial charge in [-0.15, -0.1) is 11.8 Å². The van der Waals surface area contributed by atoms with E-state index in [0.717, 1.165) is 18.4 Å². The van der Waals surface area contributed by atoms with Gasteiger partial charge in [0.1, 0.15) is 17.2 Å². The van der Waals surface area contributed by atoms with E-state index in [2.05, 4.69) is 11.4 Å². The molecule has 1 aliphatic carbocycles. The van der Waals surface area contributed by atoms with Crippen molar-refractivity contribution in [3.63, 3.8) is 0 Å². The molecule has 2 amide bonds. The van der Waals surface area contributed by atoms with E-state index >= 15 is 0 Å². The quantitative estimate of drug-likeness (QED) is 0.426. The van der Waals surface area contributed by atoms with E-state index in [9.17, 15) is 19.0 Å². The molecule has 2 fully saturated rings. The highest BCUT2D eigenvalue weighted by atomic mass is 32.2. The summed E-state index contributed by atoms with van der Waals surface area (Å²) in [7, 11) is -2.79. The van der Waals surface area contributed by atoms with E-state index in [1.165, 1.54) is 23.8 Å². The Bertz CT molecular complexity index is 705. The predicted octanol–water partition coefficient (Wildman–Crippen LogP) is 1.99. The lowest BCUT2D eigenvalue weighted by Gasteiger charge is -2.45. The van der Waals surface area contributed by atoms with Crippen LogP contribution in [-0.4, -0.2) is 50.7 Å². The Morgan fingerprint density at radius 1 is 1.52 bits per heavy atom. The molecular weight excluding hydrogens is 363 g/mol. The summed E-state index contributed by atoms with van der Waals surface area (Å²) in [5, 5.41) is 2.44. The first-order valence-electron chi connectivity index (χ1n) is 8.18. The van der Waals surface area contributed by atoms with Crippen molar-refractivity contribution in [1.29, 1.82) is 0 Å². The summed E-state index contributed by atoms with van der Waals surface area (Å²) in [5.74, 6) is -1.43. The van der Waals surface area contributed by atoms with Gasteiger partial charge in [0.05, 0.1) is 0 Å². The molecular formula is C16H23N2O5PS. The number of hydrogen-bond donors (Lipinski definition) is 2. The third kappa shape index (κ3) is 3.33. The minimum Gasteiger partial charge on any atom is -0.341 e. The Balaban J connectivity index is 1.67. The van der Waals surface area contributed by atoms with Gasteiger partial charge in [-0.3, -0.25) is 14.2 Å². The minimum absolute atomic E-state index is 0.194. The van der Waals surface area contributed by atoms with Crippen LogP contribution in [0.15, 0.2) is 23.8 Å². The molecule has 3 unspecified atom stereocenters. The number of thioether (sulfide) groups is 1. The summed E-state index contributed by atoms with van der Waals surface area (Å²) in [5.41, 5.74) is 1.04. The molecule has 3 rings (SSSR count). The predicted molar refractivity (Wildman–Crippen MR) is 95.9 cm³/mol. The van der Waals surface area contributed by atoms with Crippen molar-refractivity contribution >= 4 is 31.2 Å². The van der Waals surface area contributed by atoms with Crippen molar-refractivity contribution in [3.8, 4) is 0 Å². The number of rotatable bonds is 5. The van der Waals surface area contributed by atoms with E-state index in [1.54, 1.807) is 0 Å². The molecule has 138 valence electrons. The van der Waals surface area contributed by atoms with E-state index < -0.39 is 24.2 Å². The zero-order valence-electron chi connectivity index (χ0n) is 14.5. The maximum atomic E-state index is 12.5. The van der Waals surface area contributed by atoms with Gasteiger partial charge in [-0.25, -0.2) is 0 Å². The summed E-state index contributed by atoms with van der Waals surface area (Å²) in [6.45, 7) is 3.63. The monoisotopic (exact) mass is 386 g/mol. The molecule has 2 heterocycles. The molecule has 0 radical (unpaired) electrons. The normalized spacial score (nSPS) is 32.5. The maximum absolute atomic E-state index is 12.5. The highest BCUT2D eigenvalue weighted by Crippen LogP contribution is 2.64. The number of hydrogen-bond acceptors (Lipinski definition) is 5. The number of allylic oxidation sites excluding steroid dienone is 3. The highest BCUT2D eigenvalue weighted by Gasteiger charge is 2.66. The van der Waals surface area contributed by atoms with Crippen LogP contribution in [0.5, 0.6) is 0 Å². The van der Waals surface area contributed by atoms with Crippen LogP contribution in [-0.2, 0) is 18.7 Å². The molecule has 9 heteroatoms. The number of carbonyl (C=O) groups is 2. The molecule has 0 saturated carbocycles. The second-order valence-corrected chi connectivity index (χ2v) is 10.7. The highest BCUT2D eigenvalue weighted by molar-refractivity contribution is 8.02. The molecule has 4 atom stereocenters. The average molecular weight is 386 g/mol. The SMILES string of the molecule is COP(=O)(O)C1N2C(=O)C(NC(=O)CC3=CCC=CC3)[C@@H]2SC1(C)C. The van der Waals surface area contributed by atoms with Crippen molar-refractivity contribution in [2.45, 2.75) is 55.1 Å². The first kappa shape index (κ1) is 18.7. The standard InChI is InChI=1S/C16H23N2O5PS/c1-16(2)15(24(21,22)23-3)18-13(20)12(14(18)25-16)17-11(19)9-10-7-5-4-6-8-10/h4-5,8,12,14-15H,6-7,9H2,1-3H3,(H,17,19)(H,21,22)/t12?,14-,15?/m0/s1. The summed E-state index contributed by atoms with van der Waals surface area (Å²) < 4.78 is 16.5. The fourth-order valence-corrected chi connectivity index (χ4v) is 7.33. The van der Waals surface area contributed by atoms with Crippen LogP contribution in [0.2, 0.25) is 0 Å². The molecule has 2 saturated heterocycles. The number of nitrogens with zero attached hydrogens (tertiary/aromatic N) is 1. The fourth-order valence-electron chi connectivity index (χ4n) is 3.58. The molecule has 0 aromatic heterocycles. The summed E-state index contributed by atoms with van der Waals surface area (Å²) in [6, 6.07) is -0.654. The Kier molecular flexibility index (Phi) is 4.92. The molecule has 3 aliphatic rings. The Morgan fingerprint density at radius 2 is 2.24 bits per heavy atom. The van der Waals surface area contributed by atoms with E-state index in [4.69, 9.17) is 4.52 Å². The van der Waals surface area contributed by atoms with Crippen molar-refractivity contribution in [2.24, 2.45) is 0 Å². The second kappa shape index (κ2) is 6.58. The molecule has 0 aromatic rings. The first-order chi connectivity index (χ1) is 11.7. The van der Waals surface area contributed by atoms with Crippen LogP contribution in [0.25, 0.3) is 0 Å². The number of carbonyl (C=O) groups excluding carboxylic acids is 2. The average Bonchev–Trinajstić information content (AvgIpc) is 2.82. The van der Waals surface area contributed by atoms with Crippen molar-refractivity contribution in [2.75, 3.05) is 7.11 Å². The van der Waals surface area contributed by atoms with Gasteiger partial charge in [0, 0.05) is 18.3 Å². The Morgan fingerprint density at radius 3 is 2.84 bits per heavy atom. The summed E-state index contributed by atoms with van der Waals surface area (Å²) in [6.07, 6.45) is 7.97. The summed E-state index contributed by atoms with van der Waals surface area (Å²) in [4.78, 5) is 36.3. The van der Waals surface area contributed by atoms with Crippen LogP contribution in [0, 0.1) is 0 Å². The molecule has 2 aliphatic heterocycles. The molecule has 25 heavy (non-hydrogen) atoms. The van der Waals surface area contributed by atoms with Crippen LogP contribution in [0.4, 0.5) is 0 Å². The zero-order chi connectivity index (χ0) is 18.4. The van der Waals surface area contributed by atoms with Gasteiger partial charge in [0.2, 0.25) is 11.8 Å². The first-order valence-corrected chi connectivity index (χ1v) is 10.7. The fraction of sp³-hybridized carbons (Fsp3) is 0.625. The van der Waals surface area contributed by atoms with Gasteiger partial charge >= 0.3 is 7.60 Å². The van der Waals surface area contributed by atoms with E-state index in [1.807, 2.05) is 26.0 Å². The molecule has 2 N–H and O–H groups in total. The third-order valence-corrected chi connectivity index (χ3v) is 8.54. The zero-order valence-corrected chi connectivity index (χ0v) is 16.2. The van der Waals surface area contributed by atoms with Gasteiger partial charge < -0.3 is 19.6 Å². The third-order valence-electron chi connectivity index (χ3n) is 4.75. The largest absolute Gasteiger partial charge is 0.351 e. The molecule has 7 nitrogen and oxygen atoms in total. The van der Waals surface area contributed by atoms with Crippen molar-refractivity contribution < 1.29 is 23.6 Å². The number of β-lactam (4-membered cyclic amide) rings is 1. The number of nitrogens with one attached hydrogen (secondary N) is 1. The molecule has 0 aromatic carbocycles. The van der Waals surface area contributed by atoms with E-state index in [0.29, 0.717) is 0 Å². The Labute approximate surface area is 151 Å². The Hall–Kier alpha value is -1.08. The summed E-state index contributed by atoms with van der Waals surface area (Å²) >= 11 is 1.42. The number of fused-ring (bicyclic) bond motifs is 1. The van der Waals surface area contributed by atoms with Crippen LogP contribution < -0.4 is 5.32 Å². The van der Waals surface area contributed by atoms with Gasteiger partial charge in [0.15, 0.2) is 0 Å². The lowest BCUT2D eigenvalue weighted by atomic mass is 10.0. The van der Waals surface area contributed by atoms with Crippen molar-refractivity contribution in [3.05, 3.63) is 23.8 Å². The van der Waals surface area contributed by atoms with Crippen LogP contribution >= 0.6 is 19.4 Å². The topological polar surface area (TPSA) is 95.9 Å². The van der Waals surface area contributed by atoms with Gasteiger partial charge in [-0.05, 0) is 26.7 Å².